The van der Waals surface area contributed by atoms with E-state index in [9.17, 15) is 23.1 Å². The van der Waals surface area contributed by atoms with Crippen LogP contribution in [0.4, 0.5) is 5.69 Å². The molecule has 6 aliphatic rings. The highest BCUT2D eigenvalue weighted by atomic mass is 32.2. The molecule has 0 amide bonds. The lowest BCUT2D eigenvalue weighted by molar-refractivity contribution is -0.228. The van der Waals surface area contributed by atoms with Crippen molar-refractivity contribution in [2.24, 2.45) is 23.2 Å². The first kappa shape index (κ1) is 53.9. The molecule has 17 heteroatoms. The third-order valence-corrected chi connectivity index (χ3v) is 20.2. The average Bonchev–Trinajstić information content (AvgIpc) is 2.28. The van der Waals surface area contributed by atoms with Gasteiger partial charge in [0.05, 0.1) is 45.5 Å². The number of aromatic amines is 1. The molecule has 10 atom stereocenters. The SMILES string of the molecule is CC[C@]12C=CCN3CC[C@@]4(c5cc([C@@]6(C(=O)OC)C[C@H]([C@H]7COCC[C@H]7COS(=O)(=O)c7ccc(C)cc7)CN(Cc7ccccc7)CCc7c6[nH]c6ccccc76)c(OC)cc5N(C)[C@H]4[C@@](O)(C(=O)OC)[C@@H]1OC(C)=O)[C@@H]32. The molecule has 3 fully saturated rings. The Morgan fingerprint density at radius 1 is 0.910 bits per heavy atom. The van der Waals surface area contributed by atoms with Gasteiger partial charge in [-0.3, -0.25) is 23.6 Å². The highest BCUT2D eigenvalue weighted by molar-refractivity contribution is 7.86. The van der Waals surface area contributed by atoms with Crippen molar-refractivity contribution in [1.29, 1.82) is 0 Å². The number of H-pyrrole nitrogens is 1. The second-order valence-electron chi connectivity index (χ2n) is 22.6. The number of aryl methyl sites for hydroxylation is 1. The van der Waals surface area contributed by atoms with Crippen LogP contribution in [0, 0.1) is 30.1 Å². The summed E-state index contributed by atoms with van der Waals surface area (Å²) in [6.45, 7) is 8.72. The van der Waals surface area contributed by atoms with Gasteiger partial charge in [-0.1, -0.05) is 85.3 Å². The second-order valence-corrected chi connectivity index (χ2v) is 24.3. The number of ether oxygens (including phenoxy) is 5. The lowest BCUT2D eigenvalue weighted by Crippen LogP contribution is -2.81. The molecule has 6 heterocycles. The van der Waals surface area contributed by atoms with Crippen molar-refractivity contribution < 1.29 is 55.8 Å². The number of hydrogen-bond donors (Lipinski definition) is 2. The van der Waals surface area contributed by atoms with Gasteiger partial charge in [0, 0.05) is 97.5 Å². The van der Waals surface area contributed by atoms with E-state index in [-0.39, 0.29) is 42.3 Å². The van der Waals surface area contributed by atoms with Gasteiger partial charge in [-0.15, -0.1) is 0 Å². The molecule has 2 N–H and O–H groups in total. The zero-order chi connectivity index (χ0) is 54.9. The number of methoxy groups -OCH3 is 3. The Labute approximate surface area is 457 Å². The molecule has 0 unspecified atom stereocenters. The molecule has 16 nitrogen and oxygen atoms in total. The predicted octanol–water partition coefficient (Wildman–Crippen LogP) is 7.01. The summed E-state index contributed by atoms with van der Waals surface area (Å²) >= 11 is 0. The van der Waals surface area contributed by atoms with Gasteiger partial charge >= 0.3 is 17.9 Å². The molecule has 0 bridgehead atoms. The maximum absolute atomic E-state index is 16.2. The number of aliphatic hydroxyl groups is 1. The largest absolute Gasteiger partial charge is 0.496 e. The zero-order valence-corrected chi connectivity index (χ0v) is 46.5. The van der Waals surface area contributed by atoms with E-state index in [0.717, 1.165) is 33.2 Å². The van der Waals surface area contributed by atoms with Crippen molar-refractivity contribution in [1.82, 2.24) is 14.8 Å². The Kier molecular flexibility index (Phi) is 14.2. The molecule has 1 aliphatic carbocycles. The highest BCUT2D eigenvalue weighted by Gasteiger charge is 2.80. The van der Waals surface area contributed by atoms with E-state index in [2.05, 4.69) is 39.0 Å². The van der Waals surface area contributed by atoms with E-state index in [0.29, 0.717) is 87.7 Å². The van der Waals surface area contributed by atoms with Crippen molar-refractivity contribution in [3.05, 3.63) is 137 Å². The number of para-hydroxylation sites is 1. The summed E-state index contributed by atoms with van der Waals surface area (Å²) < 4.78 is 64.8. The van der Waals surface area contributed by atoms with Gasteiger partial charge in [0.1, 0.15) is 11.2 Å². The molecule has 2 saturated heterocycles. The fraction of sp³-hybridized carbons (Fsp3) is 0.492. The number of nitrogens with zero attached hydrogens (tertiary/aromatic N) is 3. The van der Waals surface area contributed by atoms with E-state index in [1.807, 2.05) is 80.4 Å². The molecule has 1 saturated carbocycles. The molecule has 414 valence electrons. The van der Waals surface area contributed by atoms with Crippen LogP contribution < -0.4 is 9.64 Å². The quantitative estimate of drug-likeness (QED) is 0.0530. The lowest BCUT2D eigenvalue weighted by Gasteiger charge is -2.63. The zero-order valence-electron chi connectivity index (χ0n) is 45.7. The molecule has 5 aromatic rings. The van der Waals surface area contributed by atoms with E-state index in [1.165, 1.54) is 21.1 Å². The number of carbonyl (C=O) groups is 3. The molecule has 0 radical (unpaired) electrons. The van der Waals surface area contributed by atoms with Gasteiger partial charge in [-0.25, -0.2) is 4.79 Å². The van der Waals surface area contributed by atoms with Crippen LogP contribution in [0.2, 0.25) is 0 Å². The van der Waals surface area contributed by atoms with Crippen molar-refractivity contribution in [3.63, 3.8) is 0 Å². The van der Waals surface area contributed by atoms with E-state index >= 15 is 4.79 Å². The van der Waals surface area contributed by atoms with Crippen LogP contribution >= 0.6 is 0 Å². The molecule has 1 aromatic heterocycles. The lowest BCUT2D eigenvalue weighted by atomic mass is 9.47. The number of fused-ring (bicyclic) bond motifs is 4. The van der Waals surface area contributed by atoms with Gasteiger partial charge in [0.25, 0.3) is 10.1 Å². The first-order valence-electron chi connectivity index (χ1n) is 27.4. The van der Waals surface area contributed by atoms with Gasteiger partial charge in [0.15, 0.2) is 6.10 Å². The second kappa shape index (κ2) is 20.5. The van der Waals surface area contributed by atoms with Crippen LogP contribution in [-0.4, -0.2) is 144 Å². The predicted molar refractivity (Wildman–Crippen MR) is 293 cm³/mol. The minimum absolute atomic E-state index is 0.0796. The number of nitrogens with one attached hydrogen (secondary N) is 1. The first-order valence-corrected chi connectivity index (χ1v) is 28.8. The summed E-state index contributed by atoms with van der Waals surface area (Å²) in [5.74, 6) is -2.68. The van der Waals surface area contributed by atoms with Crippen LogP contribution in [0.5, 0.6) is 5.75 Å². The number of hydrogen-bond acceptors (Lipinski definition) is 15. The fourth-order valence-electron chi connectivity index (χ4n) is 15.6. The van der Waals surface area contributed by atoms with Gasteiger partial charge < -0.3 is 38.7 Å². The number of esters is 3. The smallest absolute Gasteiger partial charge is 0.344 e. The third kappa shape index (κ3) is 8.31. The van der Waals surface area contributed by atoms with Crippen molar-refractivity contribution in [3.8, 4) is 5.75 Å². The molecule has 4 aromatic carbocycles. The van der Waals surface area contributed by atoms with Crippen molar-refractivity contribution >= 4 is 44.6 Å². The van der Waals surface area contributed by atoms with E-state index in [1.54, 1.807) is 31.4 Å². The summed E-state index contributed by atoms with van der Waals surface area (Å²) in [6, 6.07) is 27.7. The summed E-state index contributed by atoms with van der Waals surface area (Å²) in [5, 5.41) is 14.6. The monoisotopic (exact) mass is 1080 g/mol. The van der Waals surface area contributed by atoms with E-state index in [4.69, 9.17) is 27.9 Å². The van der Waals surface area contributed by atoms with Crippen molar-refractivity contribution in [2.75, 3.05) is 79.3 Å². The molecule has 78 heavy (non-hydrogen) atoms. The van der Waals surface area contributed by atoms with Crippen LogP contribution in [0.15, 0.2) is 108 Å². The maximum atomic E-state index is 16.2. The fourth-order valence-corrected chi connectivity index (χ4v) is 16.6. The molecular formula is C61H72N4O12S. The average molecular weight is 1090 g/mol. The van der Waals surface area contributed by atoms with Gasteiger partial charge in [-0.2, -0.15) is 8.42 Å². The van der Waals surface area contributed by atoms with Crippen LogP contribution in [0.3, 0.4) is 0 Å². The van der Waals surface area contributed by atoms with Gasteiger partial charge in [-0.05, 0) is 104 Å². The van der Waals surface area contributed by atoms with Crippen LogP contribution in [0.25, 0.3) is 10.9 Å². The third-order valence-electron chi connectivity index (χ3n) is 18.9. The number of likely N-dealkylation sites (N-methyl/N-ethyl adjacent to an activating group) is 1. The summed E-state index contributed by atoms with van der Waals surface area (Å²) in [5.41, 5.74) is 0.438. The number of aromatic nitrogens is 1. The minimum Gasteiger partial charge on any atom is -0.496 e. The number of rotatable bonds is 13. The number of carbonyl (C=O) groups excluding carboxylic acids is 3. The topological polar surface area (TPSA) is 186 Å². The van der Waals surface area contributed by atoms with Crippen molar-refractivity contribution in [2.45, 2.75) is 98.9 Å². The normalized spacial score (nSPS) is 30.7. The Morgan fingerprint density at radius 2 is 1.65 bits per heavy atom. The summed E-state index contributed by atoms with van der Waals surface area (Å²) in [6.07, 6.45) is 4.90. The molecule has 5 aliphatic heterocycles. The van der Waals surface area contributed by atoms with Crippen LogP contribution in [0.1, 0.15) is 73.0 Å². The molecular weight excluding hydrogens is 1010 g/mol. The Hall–Kier alpha value is -6.08. The molecule has 1 spiro atoms. The van der Waals surface area contributed by atoms with E-state index < -0.39 is 68.1 Å². The van der Waals surface area contributed by atoms with Gasteiger partial charge in [0.2, 0.25) is 5.60 Å². The standard InChI is InChI=1S/C61H72N4O12S/c1-8-58-25-14-27-65-29-26-59(53(58)65)47-31-48(51(72-5)32-50(47)63(4)54(59)61(69,57(68)74-7)55(58)77-39(3)66)60(56(67)73-6)33-42(46-37-75-30-24-41(46)36-76-78(70,71)43-21-19-38(2)20-22-43)35-64(34-40-15-10-9-11-16-40)28-23-45-44-17-12-13-18-49(44)62-52(45)60/h9-22,25,31-32,41-42,46,53-55,62,69H,8,23-24,26-30,33-37H2,1-7H3/t41-,42-,46-,53-,54+,55+,58+,59+,60-,61-/m0/s1. The van der Waals surface area contributed by atoms with Crippen LogP contribution in [-0.2, 0) is 71.4 Å². The summed E-state index contributed by atoms with van der Waals surface area (Å²) in [7, 11) is 1.95. The highest BCUT2D eigenvalue weighted by Crippen LogP contribution is 2.68. The molecule has 11 rings (SSSR count). The Balaban J connectivity index is 1.15. The Morgan fingerprint density at radius 3 is 2.37 bits per heavy atom. The minimum atomic E-state index is -4.14. The maximum Gasteiger partial charge on any atom is 0.344 e. The first-order chi connectivity index (χ1) is 37.5. The Bertz CT molecular complexity index is 3260. The summed E-state index contributed by atoms with van der Waals surface area (Å²) in [4.78, 5) is 54.8. The number of anilines is 1. The number of benzene rings is 4.